The molecule has 1 nitrogen and oxygen atoms in total. The molecule has 1 heterocycles. The fourth-order valence-corrected chi connectivity index (χ4v) is 5.03. The molecule has 2 aromatic carbocycles. The monoisotopic (exact) mass is 346 g/mol. The molecule has 1 aliphatic heterocycles. The molecule has 136 valence electrons. The lowest BCUT2D eigenvalue weighted by Crippen LogP contribution is -2.37. The molecule has 0 spiro atoms. The van der Waals surface area contributed by atoms with Crippen molar-refractivity contribution < 1.29 is 4.74 Å². The van der Waals surface area contributed by atoms with Crippen molar-refractivity contribution in [1.82, 2.24) is 0 Å². The molecule has 4 atom stereocenters. The highest BCUT2D eigenvalue weighted by Crippen LogP contribution is 2.51. The smallest absolute Gasteiger partial charge is 0.0839 e. The first-order valence-corrected chi connectivity index (χ1v) is 9.96. The predicted molar refractivity (Wildman–Crippen MR) is 108 cm³/mol. The molecule has 4 unspecified atom stereocenters. The van der Waals surface area contributed by atoms with E-state index in [0.717, 1.165) is 12.8 Å². The SMILES string of the molecule is C=C1CC(C)(C)CCC2C1OC(c1ccccc1)CC2c1ccccc1. The second-order valence-electron chi connectivity index (χ2n) is 8.91. The third kappa shape index (κ3) is 3.50. The van der Waals surface area contributed by atoms with Gasteiger partial charge in [-0.2, -0.15) is 0 Å². The number of benzene rings is 2. The van der Waals surface area contributed by atoms with E-state index in [1.54, 1.807) is 0 Å². The van der Waals surface area contributed by atoms with Gasteiger partial charge in [0.05, 0.1) is 12.2 Å². The molecule has 26 heavy (non-hydrogen) atoms. The van der Waals surface area contributed by atoms with Crippen LogP contribution in [0.3, 0.4) is 0 Å². The van der Waals surface area contributed by atoms with Crippen LogP contribution in [0.4, 0.5) is 0 Å². The Balaban J connectivity index is 1.72. The minimum absolute atomic E-state index is 0.153. The Hall–Kier alpha value is -1.86. The van der Waals surface area contributed by atoms with Crippen LogP contribution in [0.5, 0.6) is 0 Å². The molecule has 0 radical (unpaired) electrons. The van der Waals surface area contributed by atoms with E-state index in [-0.39, 0.29) is 12.2 Å². The maximum Gasteiger partial charge on any atom is 0.0839 e. The van der Waals surface area contributed by atoms with Crippen molar-refractivity contribution >= 4 is 0 Å². The first kappa shape index (κ1) is 17.5. The van der Waals surface area contributed by atoms with Gasteiger partial charge in [0.15, 0.2) is 0 Å². The van der Waals surface area contributed by atoms with Crippen molar-refractivity contribution in [3.8, 4) is 0 Å². The maximum atomic E-state index is 6.71. The summed E-state index contributed by atoms with van der Waals surface area (Å²) in [7, 11) is 0. The van der Waals surface area contributed by atoms with Gasteiger partial charge in [-0.15, -0.1) is 0 Å². The van der Waals surface area contributed by atoms with Crippen LogP contribution in [-0.4, -0.2) is 6.10 Å². The van der Waals surface area contributed by atoms with E-state index < -0.39 is 0 Å². The first-order chi connectivity index (χ1) is 12.5. The zero-order valence-electron chi connectivity index (χ0n) is 16.0. The highest BCUT2D eigenvalue weighted by atomic mass is 16.5. The maximum absolute atomic E-state index is 6.71. The minimum Gasteiger partial charge on any atom is -0.366 e. The minimum atomic E-state index is 0.153. The van der Waals surface area contributed by atoms with Gasteiger partial charge < -0.3 is 4.74 Å². The topological polar surface area (TPSA) is 9.23 Å². The Bertz CT molecular complexity index is 746. The molecule has 2 fully saturated rings. The summed E-state index contributed by atoms with van der Waals surface area (Å²) in [5.74, 6) is 1.07. The van der Waals surface area contributed by atoms with Crippen LogP contribution in [0.2, 0.25) is 0 Å². The summed E-state index contributed by atoms with van der Waals surface area (Å²) in [5.41, 5.74) is 4.36. The molecule has 2 aliphatic rings. The summed E-state index contributed by atoms with van der Waals surface area (Å²) >= 11 is 0. The summed E-state index contributed by atoms with van der Waals surface area (Å²) in [4.78, 5) is 0. The molecule has 0 amide bonds. The number of ether oxygens (including phenoxy) is 1. The van der Waals surface area contributed by atoms with Crippen molar-refractivity contribution in [2.45, 2.75) is 57.7 Å². The first-order valence-electron chi connectivity index (χ1n) is 9.96. The van der Waals surface area contributed by atoms with Gasteiger partial charge in [0, 0.05) is 0 Å². The fourth-order valence-electron chi connectivity index (χ4n) is 5.03. The summed E-state index contributed by atoms with van der Waals surface area (Å²) < 4.78 is 6.71. The molecule has 1 saturated carbocycles. The van der Waals surface area contributed by atoms with Gasteiger partial charge in [-0.1, -0.05) is 81.1 Å². The zero-order chi connectivity index (χ0) is 18.1. The standard InChI is InChI=1S/C25H30O/c1-18-17-25(2,3)15-14-21-22(19-10-6-4-7-11-19)16-23(26-24(18)21)20-12-8-5-9-13-20/h4-13,21-24H,1,14-17H2,2-3H3. The predicted octanol–water partition coefficient (Wildman–Crippen LogP) is 6.68. The van der Waals surface area contributed by atoms with Crippen LogP contribution in [0.25, 0.3) is 0 Å². The number of hydrogen-bond donors (Lipinski definition) is 0. The summed E-state index contributed by atoms with van der Waals surface area (Å²) in [6.45, 7) is 9.24. The number of rotatable bonds is 2. The summed E-state index contributed by atoms with van der Waals surface area (Å²) in [5, 5.41) is 0. The Morgan fingerprint density at radius 1 is 0.923 bits per heavy atom. The van der Waals surface area contributed by atoms with Gasteiger partial charge in [-0.25, -0.2) is 0 Å². The average Bonchev–Trinajstić information content (AvgIpc) is 2.78. The molecule has 1 aliphatic carbocycles. The Labute approximate surface area is 158 Å². The average molecular weight is 347 g/mol. The fraction of sp³-hybridized carbons (Fsp3) is 0.440. The van der Waals surface area contributed by atoms with Gasteiger partial charge in [-0.05, 0) is 59.6 Å². The van der Waals surface area contributed by atoms with Crippen molar-refractivity contribution in [1.29, 1.82) is 0 Å². The quantitative estimate of drug-likeness (QED) is 0.551. The van der Waals surface area contributed by atoms with Crippen molar-refractivity contribution in [3.63, 3.8) is 0 Å². The molecule has 0 aromatic heterocycles. The second kappa shape index (κ2) is 7.04. The van der Waals surface area contributed by atoms with Gasteiger partial charge in [-0.3, -0.25) is 0 Å². The lowest BCUT2D eigenvalue weighted by Gasteiger charge is -2.43. The molecule has 1 saturated heterocycles. The Morgan fingerprint density at radius 3 is 2.19 bits per heavy atom. The van der Waals surface area contributed by atoms with Crippen molar-refractivity contribution in [2.75, 3.05) is 0 Å². The highest BCUT2D eigenvalue weighted by molar-refractivity contribution is 5.27. The Morgan fingerprint density at radius 2 is 1.54 bits per heavy atom. The van der Waals surface area contributed by atoms with Crippen molar-refractivity contribution in [3.05, 3.63) is 83.9 Å². The van der Waals surface area contributed by atoms with E-state index in [4.69, 9.17) is 4.74 Å². The normalized spacial score (nSPS) is 31.1. The summed E-state index contributed by atoms with van der Waals surface area (Å²) in [6.07, 6.45) is 4.91. The van der Waals surface area contributed by atoms with E-state index >= 15 is 0 Å². The third-order valence-electron chi connectivity index (χ3n) is 6.35. The van der Waals surface area contributed by atoms with Crippen LogP contribution in [0.1, 0.15) is 62.7 Å². The number of hydrogen-bond acceptors (Lipinski definition) is 1. The van der Waals surface area contributed by atoms with E-state index in [2.05, 4.69) is 81.1 Å². The highest BCUT2D eigenvalue weighted by Gasteiger charge is 2.44. The Kier molecular flexibility index (Phi) is 4.75. The molecular formula is C25H30O. The largest absolute Gasteiger partial charge is 0.366 e. The lowest BCUT2D eigenvalue weighted by molar-refractivity contribution is -0.0777. The molecule has 2 aromatic rings. The van der Waals surface area contributed by atoms with Crippen LogP contribution in [-0.2, 0) is 4.74 Å². The second-order valence-corrected chi connectivity index (χ2v) is 8.91. The van der Waals surface area contributed by atoms with Gasteiger partial charge >= 0.3 is 0 Å². The third-order valence-corrected chi connectivity index (χ3v) is 6.35. The van der Waals surface area contributed by atoms with Gasteiger partial charge in [0.2, 0.25) is 0 Å². The van der Waals surface area contributed by atoms with E-state index in [9.17, 15) is 0 Å². The van der Waals surface area contributed by atoms with E-state index in [1.807, 2.05) is 0 Å². The zero-order valence-corrected chi connectivity index (χ0v) is 16.0. The molecule has 0 N–H and O–H groups in total. The summed E-state index contributed by atoms with van der Waals surface area (Å²) in [6, 6.07) is 21.8. The van der Waals surface area contributed by atoms with Crippen LogP contribution >= 0.6 is 0 Å². The van der Waals surface area contributed by atoms with Crippen LogP contribution < -0.4 is 0 Å². The van der Waals surface area contributed by atoms with Gasteiger partial charge in [0.25, 0.3) is 0 Å². The lowest BCUT2D eigenvalue weighted by atomic mass is 9.73. The molecule has 1 heteroatoms. The molecular weight excluding hydrogens is 316 g/mol. The molecule has 4 rings (SSSR count). The van der Waals surface area contributed by atoms with Crippen LogP contribution in [0.15, 0.2) is 72.8 Å². The van der Waals surface area contributed by atoms with Crippen molar-refractivity contribution in [2.24, 2.45) is 11.3 Å². The van der Waals surface area contributed by atoms with E-state index in [0.29, 0.717) is 17.3 Å². The van der Waals surface area contributed by atoms with Crippen LogP contribution in [0, 0.1) is 11.3 Å². The van der Waals surface area contributed by atoms with E-state index in [1.165, 1.54) is 29.5 Å². The number of fused-ring (bicyclic) bond motifs is 1. The molecule has 0 bridgehead atoms. The van der Waals surface area contributed by atoms with Gasteiger partial charge in [0.1, 0.15) is 0 Å².